The highest BCUT2D eigenvalue weighted by atomic mass is 35.5. The minimum atomic E-state index is -0.128. The predicted molar refractivity (Wildman–Crippen MR) is 139 cm³/mol. The van der Waals surface area contributed by atoms with E-state index in [2.05, 4.69) is 4.98 Å². The number of amides is 1. The zero-order valence-corrected chi connectivity index (χ0v) is 20.3. The number of likely N-dealkylation sites (N-methyl/N-ethyl adjacent to an activating group) is 1. The number of hydrogen-bond donors (Lipinski definition) is 2. The first-order valence-corrected chi connectivity index (χ1v) is 11.7. The monoisotopic (exact) mass is 473 g/mol. The molecular weight excluding hydrogens is 446 g/mol. The normalized spacial score (nSPS) is 12.0. The third-order valence-corrected chi connectivity index (χ3v) is 6.21. The summed E-state index contributed by atoms with van der Waals surface area (Å²) in [5.74, 6) is 0.0560. The van der Waals surface area contributed by atoms with Gasteiger partial charge in [-0.2, -0.15) is 0 Å². The Morgan fingerprint density at radius 2 is 1.85 bits per heavy atom. The molecule has 0 saturated heterocycles. The summed E-state index contributed by atoms with van der Waals surface area (Å²) in [5.41, 5.74) is 11.7. The number of phenolic OH excluding ortho intramolecular Hbond substituents is 1. The van der Waals surface area contributed by atoms with Crippen LogP contribution in [0.25, 0.3) is 33.2 Å². The van der Waals surface area contributed by atoms with Crippen molar-refractivity contribution in [2.24, 2.45) is 5.73 Å². The fraction of sp³-hybridized carbons (Fsp3) is 0.214. The number of pyridine rings is 1. The van der Waals surface area contributed by atoms with Crippen LogP contribution in [0.1, 0.15) is 29.3 Å². The third-order valence-electron chi connectivity index (χ3n) is 5.99. The summed E-state index contributed by atoms with van der Waals surface area (Å²) in [5, 5.41) is 11.3. The van der Waals surface area contributed by atoms with Gasteiger partial charge < -0.3 is 15.7 Å². The van der Waals surface area contributed by atoms with E-state index >= 15 is 0 Å². The van der Waals surface area contributed by atoms with Crippen molar-refractivity contribution < 1.29 is 9.90 Å². The molecule has 0 aliphatic rings. The molecule has 0 spiro atoms. The maximum atomic E-state index is 13.8. The van der Waals surface area contributed by atoms with Crippen LogP contribution in [0.4, 0.5) is 0 Å². The van der Waals surface area contributed by atoms with Crippen LogP contribution < -0.4 is 5.73 Å². The molecule has 0 fully saturated rings. The van der Waals surface area contributed by atoms with Gasteiger partial charge in [0.15, 0.2) is 0 Å². The molecule has 0 radical (unpaired) electrons. The molecule has 0 aliphatic carbocycles. The molecule has 1 amide bonds. The number of aromatic nitrogens is 1. The Morgan fingerprint density at radius 3 is 2.56 bits per heavy atom. The van der Waals surface area contributed by atoms with Gasteiger partial charge in [0, 0.05) is 41.8 Å². The summed E-state index contributed by atoms with van der Waals surface area (Å²) in [6.07, 6.45) is 2.51. The number of benzene rings is 3. The topological polar surface area (TPSA) is 79.5 Å². The molecule has 1 heterocycles. The Balaban J connectivity index is 1.96. The maximum absolute atomic E-state index is 13.8. The summed E-state index contributed by atoms with van der Waals surface area (Å²) in [4.78, 5) is 20.2. The molecule has 1 atom stereocenters. The van der Waals surface area contributed by atoms with Crippen molar-refractivity contribution in [2.75, 3.05) is 13.6 Å². The number of carbonyl (C=O) groups is 1. The summed E-state index contributed by atoms with van der Waals surface area (Å²) in [7, 11) is 1.77. The molecule has 3 N–H and O–H groups in total. The molecule has 6 heteroatoms. The van der Waals surface area contributed by atoms with Crippen molar-refractivity contribution in [3.8, 4) is 28.0 Å². The van der Waals surface area contributed by atoms with Gasteiger partial charge >= 0.3 is 0 Å². The highest BCUT2D eigenvalue weighted by molar-refractivity contribution is 6.31. The van der Waals surface area contributed by atoms with E-state index in [0.717, 1.165) is 34.1 Å². The number of halogens is 1. The lowest BCUT2D eigenvalue weighted by atomic mass is 9.93. The predicted octanol–water partition coefficient (Wildman–Crippen LogP) is 6.05. The SMILES string of the molecule is CCC(N)CN(C)C(=O)c1c(-c2cc(C)cc(Cl)c2)cnc2ccc(-c3cccc(O)c3)cc12. The molecular formula is C28H28ClN3O2. The fourth-order valence-electron chi connectivity index (χ4n) is 4.15. The summed E-state index contributed by atoms with van der Waals surface area (Å²) < 4.78 is 0. The molecule has 0 saturated carbocycles. The highest BCUT2D eigenvalue weighted by Gasteiger charge is 2.23. The lowest BCUT2D eigenvalue weighted by Gasteiger charge is -2.23. The van der Waals surface area contributed by atoms with Gasteiger partial charge in [0.1, 0.15) is 5.75 Å². The van der Waals surface area contributed by atoms with Crippen LogP contribution in [0.5, 0.6) is 5.75 Å². The number of fused-ring (bicyclic) bond motifs is 1. The van der Waals surface area contributed by atoms with Crippen molar-refractivity contribution >= 4 is 28.4 Å². The molecule has 174 valence electrons. The van der Waals surface area contributed by atoms with Crippen LogP contribution in [0.2, 0.25) is 5.02 Å². The Bertz CT molecular complexity index is 1350. The highest BCUT2D eigenvalue weighted by Crippen LogP contribution is 2.34. The lowest BCUT2D eigenvalue weighted by molar-refractivity contribution is 0.0788. The Morgan fingerprint density at radius 1 is 1.09 bits per heavy atom. The standard InChI is InChI=1S/C28H28ClN3O2/c1-4-22(30)16-32(3)28(34)27-24-14-19(18-6-5-7-23(33)13-18)8-9-26(24)31-15-25(27)20-10-17(2)11-21(29)12-20/h5-15,22,33H,4,16,30H2,1-3H3. The summed E-state index contributed by atoms with van der Waals surface area (Å²) in [6.45, 7) is 4.42. The Kier molecular flexibility index (Phi) is 6.87. The summed E-state index contributed by atoms with van der Waals surface area (Å²) in [6, 6.07) is 18.5. The van der Waals surface area contributed by atoms with E-state index in [1.807, 2.05) is 56.3 Å². The van der Waals surface area contributed by atoms with Crippen molar-refractivity contribution in [1.82, 2.24) is 9.88 Å². The largest absolute Gasteiger partial charge is 0.508 e. The van der Waals surface area contributed by atoms with Gasteiger partial charge in [-0.1, -0.05) is 42.8 Å². The van der Waals surface area contributed by atoms with E-state index in [1.165, 1.54) is 0 Å². The van der Waals surface area contributed by atoms with Gasteiger partial charge in [-0.05, 0) is 72.0 Å². The molecule has 34 heavy (non-hydrogen) atoms. The van der Waals surface area contributed by atoms with Crippen molar-refractivity contribution in [3.05, 3.63) is 83.0 Å². The van der Waals surface area contributed by atoms with Gasteiger partial charge in [-0.3, -0.25) is 9.78 Å². The molecule has 4 rings (SSSR count). The number of rotatable bonds is 6. The van der Waals surface area contributed by atoms with Crippen LogP contribution >= 0.6 is 11.6 Å². The second-order valence-corrected chi connectivity index (χ2v) is 9.14. The average molecular weight is 474 g/mol. The number of nitrogens with zero attached hydrogens (tertiary/aromatic N) is 2. The molecule has 5 nitrogen and oxygen atoms in total. The Hall–Kier alpha value is -3.41. The number of aryl methyl sites for hydroxylation is 1. The smallest absolute Gasteiger partial charge is 0.255 e. The first-order chi connectivity index (χ1) is 16.3. The van der Waals surface area contributed by atoms with Gasteiger partial charge in [0.05, 0.1) is 11.1 Å². The zero-order chi connectivity index (χ0) is 24.4. The molecule has 4 aromatic rings. The number of aromatic hydroxyl groups is 1. The lowest BCUT2D eigenvalue weighted by Crippen LogP contribution is -2.38. The van der Waals surface area contributed by atoms with Gasteiger partial charge in [0.25, 0.3) is 5.91 Å². The molecule has 1 unspecified atom stereocenters. The first-order valence-electron chi connectivity index (χ1n) is 11.3. The van der Waals surface area contributed by atoms with E-state index in [1.54, 1.807) is 36.3 Å². The van der Waals surface area contributed by atoms with Crippen molar-refractivity contribution in [1.29, 1.82) is 0 Å². The van der Waals surface area contributed by atoms with Gasteiger partial charge in [-0.25, -0.2) is 0 Å². The average Bonchev–Trinajstić information content (AvgIpc) is 2.81. The van der Waals surface area contributed by atoms with Crippen molar-refractivity contribution in [2.45, 2.75) is 26.3 Å². The van der Waals surface area contributed by atoms with E-state index in [9.17, 15) is 9.90 Å². The third kappa shape index (κ3) is 4.91. The molecule has 1 aromatic heterocycles. The van der Waals surface area contributed by atoms with Crippen molar-refractivity contribution in [3.63, 3.8) is 0 Å². The minimum absolute atomic E-state index is 0.109. The molecule has 0 bridgehead atoms. The van der Waals surface area contributed by atoms with E-state index in [4.69, 9.17) is 17.3 Å². The van der Waals surface area contributed by atoms with Crippen LogP contribution in [-0.2, 0) is 0 Å². The molecule has 0 aliphatic heterocycles. The second-order valence-electron chi connectivity index (χ2n) is 8.70. The zero-order valence-electron chi connectivity index (χ0n) is 19.5. The van der Waals surface area contributed by atoms with Crippen LogP contribution in [0, 0.1) is 6.92 Å². The quantitative estimate of drug-likeness (QED) is 0.357. The van der Waals surface area contributed by atoms with Crippen LogP contribution in [-0.4, -0.2) is 40.5 Å². The van der Waals surface area contributed by atoms with E-state index in [0.29, 0.717) is 28.2 Å². The fourth-order valence-corrected chi connectivity index (χ4v) is 4.44. The van der Waals surface area contributed by atoms with E-state index < -0.39 is 0 Å². The van der Waals surface area contributed by atoms with Crippen LogP contribution in [0.15, 0.2) is 66.9 Å². The summed E-state index contributed by atoms with van der Waals surface area (Å²) >= 11 is 6.36. The Labute approximate surface area is 204 Å². The number of carbonyl (C=O) groups excluding carboxylic acids is 1. The van der Waals surface area contributed by atoms with Crippen LogP contribution in [0.3, 0.4) is 0 Å². The van der Waals surface area contributed by atoms with Gasteiger partial charge in [-0.15, -0.1) is 0 Å². The number of hydrogen-bond acceptors (Lipinski definition) is 4. The van der Waals surface area contributed by atoms with E-state index in [-0.39, 0.29) is 17.7 Å². The number of nitrogens with two attached hydrogens (primary N) is 1. The maximum Gasteiger partial charge on any atom is 0.255 e. The number of phenols is 1. The van der Waals surface area contributed by atoms with Gasteiger partial charge in [0.2, 0.25) is 0 Å². The second kappa shape index (κ2) is 9.84. The first kappa shape index (κ1) is 23.7. The minimum Gasteiger partial charge on any atom is -0.508 e. The molecule has 3 aromatic carbocycles.